The standard InChI is InChI=1S/C20H24ClN5O/c1-14-18(19(27)15-7-3-4-8-16(15)21)20(23-24(14)2)26-12-9-22-17(26)13-25-10-5-6-11-25/h3-4,7-9,12,20,23H,5-6,10-11,13H2,1-2H3. The van der Waals surface area contributed by atoms with Gasteiger partial charge < -0.3 is 9.58 Å². The molecule has 2 aliphatic rings. The van der Waals surface area contributed by atoms with E-state index in [-0.39, 0.29) is 11.9 Å². The molecule has 6 nitrogen and oxygen atoms in total. The van der Waals surface area contributed by atoms with Crippen molar-refractivity contribution in [2.75, 3.05) is 20.1 Å². The van der Waals surface area contributed by atoms with E-state index in [1.54, 1.807) is 18.3 Å². The van der Waals surface area contributed by atoms with E-state index in [1.807, 2.05) is 37.3 Å². The first-order valence-electron chi connectivity index (χ1n) is 9.30. The molecular formula is C20H24ClN5O. The van der Waals surface area contributed by atoms with Crippen LogP contribution in [0.1, 0.15) is 42.1 Å². The largest absolute Gasteiger partial charge is 0.313 e. The summed E-state index contributed by atoms with van der Waals surface area (Å²) in [7, 11) is 1.92. The number of carbonyl (C=O) groups is 1. The van der Waals surface area contributed by atoms with E-state index in [9.17, 15) is 4.79 Å². The second-order valence-electron chi connectivity index (χ2n) is 7.13. The van der Waals surface area contributed by atoms with Crippen molar-refractivity contribution in [1.29, 1.82) is 0 Å². The molecule has 0 aliphatic carbocycles. The fourth-order valence-electron chi connectivity index (χ4n) is 3.85. The molecule has 0 spiro atoms. The lowest BCUT2D eigenvalue weighted by molar-refractivity contribution is 0.102. The van der Waals surface area contributed by atoms with Gasteiger partial charge in [-0.2, -0.15) is 0 Å². The van der Waals surface area contributed by atoms with Gasteiger partial charge in [-0.05, 0) is 45.0 Å². The van der Waals surface area contributed by atoms with E-state index in [0.717, 1.165) is 31.2 Å². The Morgan fingerprint density at radius 3 is 2.78 bits per heavy atom. The Labute approximate surface area is 164 Å². The number of hydrogen-bond acceptors (Lipinski definition) is 5. The van der Waals surface area contributed by atoms with E-state index < -0.39 is 0 Å². The van der Waals surface area contributed by atoms with Crippen LogP contribution in [0.25, 0.3) is 0 Å². The van der Waals surface area contributed by atoms with Crippen LogP contribution in [-0.4, -0.2) is 45.4 Å². The smallest absolute Gasteiger partial charge is 0.195 e. The van der Waals surface area contributed by atoms with Crippen molar-refractivity contribution >= 4 is 17.4 Å². The summed E-state index contributed by atoms with van der Waals surface area (Å²) in [5.74, 6) is 0.905. The summed E-state index contributed by atoms with van der Waals surface area (Å²) in [4.78, 5) is 20.3. The first-order valence-corrected chi connectivity index (χ1v) is 9.68. The molecule has 1 saturated heterocycles. The van der Waals surface area contributed by atoms with Gasteiger partial charge in [0, 0.05) is 30.7 Å². The predicted octanol–water partition coefficient (Wildman–Crippen LogP) is 3.24. The molecule has 0 radical (unpaired) electrons. The highest BCUT2D eigenvalue weighted by molar-refractivity contribution is 6.35. The molecule has 1 atom stereocenters. The number of Topliss-reactive ketones (excluding diaryl/α,β-unsaturated/α-hetero) is 1. The van der Waals surface area contributed by atoms with Gasteiger partial charge in [0.2, 0.25) is 0 Å². The molecule has 0 bridgehead atoms. The highest BCUT2D eigenvalue weighted by Crippen LogP contribution is 2.32. The van der Waals surface area contributed by atoms with Crippen LogP contribution in [-0.2, 0) is 6.54 Å². The summed E-state index contributed by atoms with van der Waals surface area (Å²) in [6.45, 7) is 4.95. The van der Waals surface area contributed by atoms with Gasteiger partial charge >= 0.3 is 0 Å². The number of hydrogen-bond donors (Lipinski definition) is 1. The number of nitrogens with zero attached hydrogens (tertiary/aromatic N) is 4. The highest BCUT2D eigenvalue weighted by atomic mass is 35.5. The third-order valence-corrected chi connectivity index (χ3v) is 5.77. The van der Waals surface area contributed by atoms with Crippen molar-refractivity contribution in [3.63, 3.8) is 0 Å². The Balaban J connectivity index is 1.68. The van der Waals surface area contributed by atoms with Crippen molar-refractivity contribution in [3.05, 3.63) is 64.3 Å². The van der Waals surface area contributed by atoms with Crippen LogP contribution in [0, 0.1) is 0 Å². The van der Waals surface area contributed by atoms with E-state index >= 15 is 0 Å². The third kappa shape index (κ3) is 3.40. The van der Waals surface area contributed by atoms with E-state index in [0.29, 0.717) is 16.2 Å². The zero-order valence-corrected chi connectivity index (χ0v) is 16.4. The summed E-state index contributed by atoms with van der Waals surface area (Å²) >= 11 is 6.30. The van der Waals surface area contributed by atoms with Gasteiger partial charge in [0.15, 0.2) is 5.78 Å². The molecule has 142 valence electrons. The molecule has 2 aliphatic heterocycles. The van der Waals surface area contributed by atoms with Gasteiger partial charge in [-0.3, -0.25) is 9.69 Å². The maximum absolute atomic E-state index is 13.3. The Morgan fingerprint density at radius 1 is 1.30 bits per heavy atom. The number of aromatic nitrogens is 2. The van der Waals surface area contributed by atoms with Crippen LogP contribution < -0.4 is 5.43 Å². The monoisotopic (exact) mass is 385 g/mol. The number of benzene rings is 1. The van der Waals surface area contributed by atoms with Gasteiger partial charge in [0.05, 0.1) is 17.1 Å². The second-order valence-corrected chi connectivity index (χ2v) is 7.54. The maximum Gasteiger partial charge on any atom is 0.195 e. The topological polar surface area (TPSA) is 53.4 Å². The van der Waals surface area contributed by atoms with E-state index in [1.165, 1.54) is 12.8 Å². The van der Waals surface area contributed by atoms with Crippen LogP contribution in [0.3, 0.4) is 0 Å². The van der Waals surface area contributed by atoms with Crippen LogP contribution in [0.4, 0.5) is 0 Å². The first kappa shape index (κ1) is 18.2. The Bertz CT molecular complexity index is 884. The van der Waals surface area contributed by atoms with Gasteiger partial charge in [-0.15, -0.1) is 0 Å². The SMILES string of the molecule is CC1=C(C(=O)c2ccccc2Cl)C(n2ccnc2CN2CCCC2)NN1C. The number of halogens is 1. The number of rotatable bonds is 5. The molecule has 7 heteroatoms. The number of imidazole rings is 1. The summed E-state index contributed by atoms with van der Waals surface area (Å²) in [6, 6.07) is 7.20. The first-order chi connectivity index (χ1) is 13.1. The average molecular weight is 386 g/mol. The lowest BCUT2D eigenvalue weighted by atomic mass is 10.00. The molecule has 2 aromatic rings. The van der Waals surface area contributed by atoms with E-state index in [2.05, 4.69) is 19.9 Å². The highest BCUT2D eigenvalue weighted by Gasteiger charge is 2.35. The van der Waals surface area contributed by atoms with Crippen LogP contribution in [0.5, 0.6) is 0 Å². The molecule has 1 unspecified atom stereocenters. The number of nitrogens with one attached hydrogen (secondary N) is 1. The molecule has 3 heterocycles. The minimum atomic E-state index is -0.293. The van der Waals surface area contributed by atoms with Crippen LogP contribution in [0.15, 0.2) is 47.9 Å². The van der Waals surface area contributed by atoms with Crippen molar-refractivity contribution in [2.45, 2.75) is 32.5 Å². The fourth-order valence-corrected chi connectivity index (χ4v) is 4.07. The lowest BCUT2D eigenvalue weighted by Crippen LogP contribution is -2.34. The Morgan fingerprint density at radius 2 is 2.04 bits per heavy atom. The second kappa shape index (κ2) is 7.46. The van der Waals surface area contributed by atoms with Gasteiger partial charge in [-0.1, -0.05) is 23.7 Å². The molecular weight excluding hydrogens is 362 g/mol. The van der Waals surface area contributed by atoms with Crippen molar-refractivity contribution in [3.8, 4) is 0 Å². The Hall–Kier alpha value is -2.15. The van der Waals surface area contributed by atoms with Crippen LogP contribution in [0.2, 0.25) is 5.02 Å². The molecule has 1 aromatic carbocycles. The van der Waals surface area contributed by atoms with Gasteiger partial charge in [0.25, 0.3) is 0 Å². The summed E-state index contributed by atoms with van der Waals surface area (Å²) in [5.41, 5.74) is 5.51. The molecule has 0 amide bonds. The van der Waals surface area contributed by atoms with E-state index in [4.69, 9.17) is 11.6 Å². The van der Waals surface area contributed by atoms with Gasteiger partial charge in [0.1, 0.15) is 12.0 Å². The zero-order valence-electron chi connectivity index (χ0n) is 15.7. The van der Waals surface area contributed by atoms with Crippen molar-refractivity contribution in [2.24, 2.45) is 0 Å². The molecule has 0 saturated carbocycles. The minimum Gasteiger partial charge on any atom is -0.313 e. The summed E-state index contributed by atoms with van der Waals surface area (Å²) in [5, 5.41) is 2.37. The third-order valence-electron chi connectivity index (χ3n) is 5.44. The molecule has 27 heavy (non-hydrogen) atoms. The summed E-state index contributed by atoms with van der Waals surface area (Å²) < 4.78 is 2.06. The van der Waals surface area contributed by atoms with Crippen molar-refractivity contribution in [1.82, 2.24) is 24.9 Å². The maximum atomic E-state index is 13.3. The molecule has 4 rings (SSSR count). The fraction of sp³-hybridized carbons (Fsp3) is 0.400. The minimum absolute atomic E-state index is 0.0548. The quantitative estimate of drug-likeness (QED) is 0.801. The van der Waals surface area contributed by atoms with Crippen LogP contribution >= 0.6 is 11.6 Å². The molecule has 1 N–H and O–H groups in total. The number of carbonyl (C=O) groups excluding carboxylic acids is 1. The van der Waals surface area contributed by atoms with Crippen molar-refractivity contribution < 1.29 is 4.79 Å². The number of ketones is 1. The number of allylic oxidation sites excluding steroid dienone is 1. The van der Waals surface area contributed by atoms with Gasteiger partial charge in [-0.25, -0.2) is 10.4 Å². The zero-order chi connectivity index (χ0) is 19.0. The predicted molar refractivity (Wildman–Crippen MR) is 105 cm³/mol. The summed E-state index contributed by atoms with van der Waals surface area (Å²) in [6.07, 6.45) is 5.92. The number of likely N-dealkylation sites (tertiary alicyclic amines) is 1. The molecule has 1 aromatic heterocycles. The normalized spacial score (nSPS) is 20.7. The Kier molecular flexibility index (Phi) is 5.04. The lowest BCUT2D eigenvalue weighted by Gasteiger charge is -2.22. The molecule has 1 fully saturated rings. The average Bonchev–Trinajstić information content (AvgIpc) is 3.38. The number of hydrazine groups is 1.